The molecular weight excluding hydrogens is 286 g/mol. The average Bonchev–Trinajstić information content (AvgIpc) is 2.37. The van der Waals surface area contributed by atoms with E-state index in [0.29, 0.717) is 6.54 Å². The standard InChI is InChI=1S/C12H18BrNO3/c1-12(7-15,8-16)6-14-9-3-4-10(13)11(5-9)17-2/h3-5,14-16H,6-8H2,1-2H3. The molecule has 0 aliphatic carbocycles. The minimum absolute atomic E-state index is 0.0653. The van der Waals surface area contributed by atoms with Crippen LogP contribution in [-0.2, 0) is 0 Å². The van der Waals surface area contributed by atoms with Gasteiger partial charge < -0.3 is 20.3 Å². The molecule has 1 aromatic rings. The predicted octanol–water partition coefficient (Wildman–Crippen LogP) is 1.86. The monoisotopic (exact) mass is 303 g/mol. The van der Waals surface area contributed by atoms with Crippen molar-refractivity contribution in [3.05, 3.63) is 22.7 Å². The molecule has 0 fully saturated rings. The Balaban J connectivity index is 2.69. The number of rotatable bonds is 6. The number of halogens is 1. The van der Waals surface area contributed by atoms with Gasteiger partial charge in [-0.05, 0) is 28.1 Å². The molecule has 0 aliphatic heterocycles. The van der Waals surface area contributed by atoms with Gasteiger partial charge in [-0.15, -0.1) is 0 Å². The highest BCUT2D eigenvalue weighted by molar-refractivity contribution is 9.10. The molecule has 0 radical (unpaired) electrons. The van der Waals surface area contributed by atoms with Crippen LogP contribution < -0.4 is 10.1 Å². The molecule has 17 heavy (non-hydrogen) atoms. The van der Waals surface area contributed by atoms with E-state index >= 15 is 0 Å². The fraction of sp³-hybridized carbons (Fsp3) is 0.500. The van der Waals surface area contributed by atoms with Gasteiger partial charge in [0.25, 0.3) is 0 Å². The number of nitrogens with one attached hydrogen (secondary N) is 1. The highest BCUT2D eigenvalue weighted by Crippen LogP contribution is 2.28. The van der Waals surface area contributed by atoms with E-state index in [0.717, 1.165) is 15.9 Å². The third-order valence-corrected chi connectivity index (χ3v) is 3.29. The van der Waals surface area contributed by atoms with Crippen molar-refractivity contribution in [1.29, 1.82) is 0 Å². The molecule has 0 atom stereocenters. The van der Waals surface area contributed by atoms with E-state index in [1.165, 1.54) is 0 Å². The fourth-order valence-corrected chi connectivity index (χ4v) is 1.66. The summed E-state index contributed by atoms with van der Waals surface area (Å²) in [6.07, 6.45) is 0. The zero-order valence-corrected chi connectivity index (χ0v) is 11.6. The molecular formula is C12H18BrNO3. The van der Waals surface area contributed by atoms with Crippen molar-refractivity contribution in [2.75, 3.05) is 32.2 Å². The summed E-state index contributed by atoms with van der Waals surface area (Å²) in [6.45, 7) is 2.18. The maximum atomic E-state index is 9.18. The number of methoxy groups -OCH3 is 1. The molecule has 0 amide bonds. The summed E-state index contributed by atoms with van der Waals surface area (Å²) in [5.74, 6) is 0.740. The minimum Gasteiger partial charge on any atom is -0.495 e. The van der Waals surface area contributed by atoms with E-state index < -0.39 is 5.41 Å². The highest BCUT2D eigenvalue weighted by atomic mass is 79.9. The number of ether oxygens (including phenoxy) is 1. The summed E-state index contributed by atoms with van der Waals surface area (Å²) < 4.78 is 6.07. The van der Waals surface area contributed by atoms with Gasteiger partial charge in [0.15, 0.2) is 0 Å². The van der Waals surface area contributed by atoms with Gasteiger partial charge in [-0.2, -0.15) is 0 Å². The Morgan fingerprint density at radius 2 is 2.00 bits per heavy atom. The van der Waals surface area contributed by atoms with Gasteiger partial charge in [0.2, 0.25) is 0 Å². The average molecular weight is 304 g/mol. The van der Waals surface area contributed by atoms with Crippen LogP contribution >= 0.6 is 15.9 Å². The molecule has 1 rings (SSSR count). The molecule has 1 aromatic carbocycles. The molecule has 5 heteroatoms. The number of aliphatic hydroxyl groups is 2. The lowest BCUT2D eigenvalue weighted by molar-refractivity contribution is 0.0806. The van der Waals surface area contributed by atoms with Crippen LogP contribution in [0.25, 0.3) is 0 Å². The first-order chi connectivity index (χ1) is 8.04. The van der Waals surface area contributed by atoms with E-state index in [-0.39, 0.29) is 13.2 Å². The second-order valence-electron chi connectivity index (χ2n) is 4.33. The first kappa shape index (κ1) is 14.3. The SMILES string of the molecule is COc1cc(NCC(C)(CO)CO)ccc1Br. The Labute approximate surface area is 110 Å². The van der Waals surface area contributed by atoms with Crippen LogP contribution in [0.2, 0.25) is 0 Å². The molecule has 0 spiro atoms. The lowest BCUT2D eigenvalue weighted by Crippen LogP contribution is -2.34. The van der Waals surface area contributed by atoms with Gasteiger partial charge in [-0.3, -0.25) is 0 Å². The quantitative estimate of drug-likeness (QED) is 0.751. The Morgan fingerprint density at radius 1 is 1.35 bits per heavy atom. The molecule has 0 unspecified atom stereocenters. The molecule has 4 nitrogen and oxygen atoms in total. The van der Waals surface area contributed by atoms with E-state index in [9.17, 15) is 10.2 Å². The Kier molecular flexibility index (Phi) is 5.24. The van der Waals surface area contributed by atoms with Gasteiger partial charge >= 0.3 is 0 Å². The van der Waals surface area contributed by atoms with E-state index in [4.69, 9.17) is 4.74 Å². The maximum Gasteiger partial charge on any atom is 0.135 e. The second-order valence-corrected chi connectivity index (χ2v) is 5.18. The molecule has 0 aromatic heterocycles. The Hall–Kier alpha value is -0.780. The fourth-order valence-electron chi connectivity index (χ4n) is 1.25. The Bertz CT molecular complexity index is 367. The maximum absolute atomic E-state index is 9.18. The third kappa shape index (κ3) is 3.87. The van der Waals surface area contributed by atoms with Gasteiger partial charge in [0.1, 0.15) is 5.75 Å². The van der Waals surface area contributed by atoms with Crippen molar-refractivity contribution in [3.8, 4) is 5.75 Å². The van der Waals surface area contributed by atoms with Gasteiger partial charge in [0, 0.05) is 23.7 Å². The third-order valence-electron chi connectivity index (χ3n) is 2.63. The molecule has 0 bridgehead atoms. The first-order valence-corrected chi connectivity index (χ1v) is 6.13. The predicted molar refractivity (Wildman–Crippen MR) is 71.5 cm³/mol. The summed E-state index contributed by atoms with van der Waals surface area (Å²) in [7, 11) is 1.61. The Morgan fingerprint density at radius 3 is 2.53 bits per heavy atom. The molecule has 3 N–H and O–H groups in total. The minimum atomic E-state index is -0.527. The number of hydrogen-bond acceptors (Lipinski definition) is 4. The van der Waals surface area contributed by atoms with Crippen LogP contribution in [0.3, 0.4) is 0 Å². The zero-order chi connectivity index (χ0) is 12.9. The van der Waals surface area contributed by atoms with Crippen LogP contribution in [0.4, 0.5) is 5.69 Å². The topological polar surface area (TPSA) is 61.7 Å². The first-order valence-electron chi connectivity index (χ1n) is 5.34. The van der Waals surface area contributed by atoms with Crippen molar-refractivity contribution >= 4 is 21.6 Å². The normalized spacial score (nSPS) is 11.4. The lowest BCUT2D eigenvalue weighted by Gasteiger charge is -2.25. The number of hydrogen-bond donors (Lipinski definition) is 3. The van der Waals surface area contributed by atoms with Gasteiger partial charge in [0.05, 0.1) is 24.8 Å². The molecule has 0 heterocycles. The zero-order valence-electron chi connectivity index (χ0n) is 10.0. The van der Waals surface area contributed by atoms with Crippen molar-refractivity contribution in [3.63, 3.8) is 0 Å². The summed E-state index contributed by atoms with van der Waals surface area (Å²) >= 11 is 3.38. The number of anilines is 1. The smallest absolute Gasteiger partial charge is 0.135 e. The van der Waals surface area contributed by atoms with Crippen molar-refractivity contribution in [2.45, 2.75) is 6.92 Å². The van der Waals surface area contributed by atoms with E-state index in [2.05, 4.69) is 21.2 Å². The summed E-state index contributed by atoms with van der Waals surface area (Å²) in [5.41, 5.74) is 0.360. The molecule has 0 saturated carbocycles. The molecule has 96 valence electrons. The largest absolute Gasteiger partial charge is 0.495 e. The summed E-state index contributed by atoms with van der Waals surface area (Å²) in [5, 5.41) is 21.5. The highest BCUT2D eigenvalue weighted by Gasteiger charge is 2.22. The number of aliphatic hydroxyl groups excluding tert-OH is 2. The van der Waals surface area contributed by atoms with Crippen LogP contribution in [0.15, 0.2) is 22.7 Å². The summed E-state index contributed by atoms with van der Waals surface area (Å²) in [4.78, 5) is 0. The van der Waals surface area contributed by atoms with E-state index in [1.54, 1.807) is 7.11 Å². The molecule has 0 aliphatic rings. The van der Waals surface area contributed by atoms with Crippen molar-refractivity contribution in [1.82, 2.24) is 0 Å². The van der Waals surface area contributed by atoms with Crippen molar-refractivity contribution in [2.24, 2.45) is 5.41 Å². The van der Waals surface area contributed by atoms with E-state index in [1.807, 2.05) is 25.1 Å². The van der Waals surface area contributed by atoms with Gasteiger partial charge in [-0.25, -0.2) is 0 Å². The van der Waals surface area contributed by atoms with Crippen LogP contribution in [0.1, 0.15) is 6.92 Å². The number of benzene rings is 1. The van der Waals surface area contributed by atoms with Crippen molar-refractivity contribution < 1.29 is 14.9 Å². The lowest BCUT2D eigenvalue weighted by atomic mass is 9.93. The van der Waals surface area contributed by atoms with Gasteiger partial charge in [-0.1, -0.05) is 6.92 Å². The second kappa shape index (κ2) is 6.23. The summed E-state index contributed by atoms with van der Waals surface area (Å²) in [6, 6.07) is 5.65. The molecule has 0 saturated heterocycles. The van der Waals surface area contributed by atoms with Crippen LogP contribution in [0.5, 0.6) is 5.75 Å². The van der Waals surface area contributed by atoms with Crippen LogP contribution in [0, 0.1) is 5.41 Å². The van der Waals surface area contributed by atoms with Crippen LogP contribution in [-0.4, -0.2) is 37.1 Å².